The van der Waals surface area contributed by atoms with Crippen LogP contribution in [0.25, 0.3) is 16.6 Å². The van der Waals surface area contributed by atoms with Crippen LogP contribution in [0.4, 0.5) is 4.39 Å². The maximum absolute atomic E-state index is 13.6. The number of H-pyrrole nitrogens is 1. The Morgan fingerprint density at radius 1 is 1.31 bits per heavy atom. The first-order chi connectivity index (χ1) is 14.1. The van der Waals surface area contributed by atoms with Gasteiger partial charge in [0.1, 0.15) is 11.4 Å². The van der Waals surface area contributed by atoms with Gasteiger partial charge in [0.05, 0.1) is 6.04 Å². The van der Waals surface area contributed by atoms with Gasteiger partial charge in [-0.1, -0.05) is 6.07 Å². The summed E-state index contributed by atoms with van der Waals surface area (Å²) in [4.78, 5) is 28.5. The number of hydrogen-bond acceptors (Lipinski definition) is 5. The SMILES string of the molecule is CSCC[C@H](NC(=O)c1c[nH]c2ccc(F)cc2c1=O)c1nnc2ccccn12. The first kappa shape index (κ1) is 19.1. The maximum Gasteiger partial charge on any atom is 0.257 e. The lowest BCUT2D eigenvalue weighted by Crippen LogP contribution is -2.33. The van der Waals surface area contributed by atoms with Crippen LogP contribution in [0.2, 0.25) is 0 Å². The number of halogens is 1. The molecule has 1 amide bonds. The van der Waals surface area contributed by atoms with Crippen molar-refractivity contribution in [1.82, 2.24) is 24.9 Å². The summed E-state index contributed by atoms with van der Waals surface area (Å²) in [7, 11) is 0. The second-order valence-corrected chi connectivity index (χ2v) is 7.50. The van der Waals surface area contributed by atoms with Crippen LogP contribution in [-0.4, -0.2) is 37.5 Å². The Hall–Kier alpha value is -3.20. The fourth-order valence-electron chi connectivity index (χ4n) is 3.19. The molecule has 3 aromatic heterocycles. The Balaban J connectivity index is 1.69. The summed E-state index contributed by atoms with van der Waals surface area (Å²) in [5.74, 6) is 0.294. The third-order valence-corrected chi connectivity index (χ3v) is 5.30. The number of benzene rings is 1. The Morgan fingerprint density at radius 3 is 3.00 bits per heavy atom. The van der Waals surface area contributed by atoms with Crippen LogP contribution in [0, 0.1) is 5.82 Å². The molecular formula is C20H18FN5O2S. The monoisotopic (exact) mass is 411 g/mol. The van der Waals surface area contributed by atoms with Gasteiger partial charge in [0, 0.05) is 23.3 Å². The highest BCUT2D eigenvalue weighted by atomic mass is 32.2. The molecule has 0 saturated carbocycles. The summed E-state index contributed by atoms with van der Waals surface area (Å²) in [6.45, 7) is 0. The molecule has 0 aliphatic carbocycles. The number of rotatable bonds is 6. The molecule has 7 nitrogen and oxygen atoms in total. The van der Waals surface area contributed by atoms with E-state index in [1.54, 1.807) is 11.8 Å². The van der Waals surface area contributed by atoms with Crippen molar-refractivity contribution in [3.8, 4) is 0 Å². The average molecular weight is 411 g/mol. The molecule has 0 bridgehead atoms. The minimum atomic E-state index is -0.545. The highest BCUT2D eigenvalue weighted by Gasteiger charge is 2.22. The van der Waals surface area contributed by atoms with Crippen molar-refractivity contribution in [2.75, 3.05) is 12.0 Å². The number of fused-ring (bicyclic) bond motifs is 2. The minimum absolute atomic E-state index is 0.0777. The van der Waals surface area contributed by atoms with Gasteiger partial charge in [0.2, 0.25) is 5.43 Å². The summed E-state index contributed by atoms with van der Waals surface area (Å²) in [6, 6.07) is 8.96. The van der Waals surface area contributed by atoms with Crippen LogP contribution in [0.15, 0.2) is 53.6 Å². The third kappa shape index (κ3) is 3.73. The van der Waals surface area contributed by atoms with Crippen molar-refractivity contribution in [1.29, 1.82) is 0 Å². The lowest BCUT2D eigenvalue weighted by atomic mass is 10.1. The van der Waals surface area contributed by atoms with Gasteiger partial charge in [-0.3, -0.25) is 14.0 Å². The Morgan fingerprint density at radius 2 is 2.17 bits per heavy atom. The van der Waals surface area contributed by atoms with E-state index in [-0.39, 0.29) is 10.9 Å². The topological polar surface area (TPSA) is 92.1 Å². The van der Waals surface area contributed by atoms with Crippen molar-refractivity contribution < 1.29 is 9.18 Å². The summed E-state index contributed by atoms with van der Waals surface area (Å²) in [5.41, 5.74) is 0.539. The number of hydrogen-bond donors (Lipinski definition) is 2. The van der Waals surface area contributed by atoms with Crippen molar-refractivity contribution in [3.05, 3.63) is 76.2 Å². The lowest BCUT2D eigenvalue weighted by Gasteiger charge is -2.17. The number of amides is 1. The number of carbonyl (C=O) groups is 1. The van der Waals surface area contributed by atoms with Crippen LogP contribution in [0.3, 0.4) is 0 Å². The number of pyridine rings is 2. The summed E-state index contributed by atoms with van der Waals surface area (Å²) in [6.07, 6.45) is 5.77. The van der Waals surface area contributed by atoms with E-state index in [0.29, 0.717) is 23.4 Å². The van der Waals surface area contributed by atoms with Crippen molar-refractivity contribution >= 4 is 34.2 Å². The number of aromatic amines is 1. The number of carbonyl (C=O) groups excluding carboxylic acids is 1. The molecule has 0 aliphatic heterocycles. The standard InChI is InChI=1S/C20H18FN5O2S/c1-29-9-7-16(19-25-24-17-4-2-3-8-26(17)19)23-20(28)14-11-22-15-6-5-12(21)10-13(15)18(14)27/h2-6,8,10-11,16H,7,9H2,1H3,(H,22,27)(H,23,28)/t16-/m0/s1. The fraction of sp³-hybridized carbons (Fsp3) is 0.200. The van der Waals surface area contributed by atoms with E-state index in [1.165, 1.54) is 18.3 Å². The number of aromatic nitrogens is 4. The van der Waals surface area contributed by atoms with Gasteiger partial charge in [-0.15, -0.1) is 10.2 Å². The summed E-state index contributed by atoms with van der Waals surface area (Å²) in [5, 5.41) is 11.4. The molecule has 0 saturated heterocycles. The molecule has 4 rings (SSSR count). The molecule has 9 heteroatoms. The Bertz CT molecular complexity index is 1250. The van der Waals surface area contributed by atoms with E-state index in [0.717, 1.165) is 11.8 Å². The smallest absolute Gasteiger partial charge is 0.257 e. The van der Waals surface area contributed by atoms with Crippen LogP contribution >= 0.6 is 11.8 Å². The molecule has 4 aromatic rings. The van der Waals surface area contributed by atoms with Gasteiger partial charge < -0.3 is 10.3 Å². The van der Waals surface area contributed by atoms with Crippen LogP contribution < -0.4 is 10.7 Å². The quantitative estimate of drug-likeness (QED) is 0.509. The first-order valence-electron chi connectivity index (χ1n) is 8.99. The van der Waals surface area contributed by atoms with E-state index in [4.69, 9.17) is 0 Å². The largest absolute Gasteiger partial charge is 0.360 e. The average Bonchev–Trinajstić information content (AvgIpc) is 3.16. The minimum Gasteiger partial charge on any atom is -0.360 e. The van der Waals surface area contributed by atoms with E-state index >= 15 is 0 Å². The third-order valence-electron chi connectivity index (χ3n) is 4.66. The number of nitrogens with one attached hydrogen (secondary N) is 2. The first-order valence-corrected chi connectivity index (χ1v) is 10.4. The molecule has 1 aromatic carbocycles. The van der Waals surface area contributed by atoms with Gasteiger partial charge in [-0.05, 0) is 48.8 Å². The molecule has 1 atom stereocenters. The van der Waals surface area contributed by atoms with Gasteiger partial charge >= 0.3 is 0 Å². The molecule has 0 radical (unpaired) electrons. The lowest BCUT2D eigenvalue weighted by molar-refractivity contribution is 0.0932. The van der Waals surface area contributed by atoms with E-state index in [1.807, 2.05) is 35.1 Å². The second-order valence-electron chi connectivity index (χ2n) is 6.52. The van der Waals surface area contributed by atoms with Gasteiger partial charge in [0.25, 0.3) is 5.91 Å². The molecule has 3 heterocycles. The van der Waals surface area contributed by atoms with Crippen LogP contribution in [-0.2, 0) is 0 Å². The van der Waals surface area contributed by atoms with E-state index in [2.05, 4.69) is 20.5 Å². The summed E-state index contributed by atoms with van der Waals surface area (Å²) < 4.78 is 15.4. The van der Waals surface area contributed by atoms with E-state index in [9.17, 15) is 14.0 Å². The summed E-state index contributed by atoms with van der Waals surface area (Å²) >= 11 is 1.64. The van der Waals surface area contributed by atoms with Crippen LogP contribution in [0.1, 0.15) is 28.6 Å². The second kappa shape index (κ2) is 8.04. The van der Waals surface area contributed by atoms with Crippen molar-refractivity contribution in [2.45, 2.75) is 12.5 Å². The van der Waals surface area contributed by atoms with Crippen LogP contribution in [0.5, 0.6) is 0 Å². The fourth-order valence-corrected chi connectivity index (χ4v) is 3.67. The van der Waals surface area contributed by atoms with Gasteiger partial charge in [0.15, 0.2) is 11.5 Å². The highest BCUT2D eigenvalue weighted by Crippen LogP contribution is 2.19. The van der Waals surface area contributed by atoms with Gasteiger partial charge in [-0.2, -0.15) is 11.8 Å². The molecule has 0 aliphatic rings. The highest BCUT2D eigenvalue weighted by molar-refractivity contribution is 7.98. The predicted molar refractivity (Wildman–Crippen MR) is 111 cm³/mol. The van der Waals surface area contributed by atoms with E-state index < -0.39 is 23.2 Å². The molecule has 0 fully saturated rings. The Labute approximate surface area is 169 Å². The molecule has 29 heavy (non-hydrogen) atoms. The predicted octanol–water partition coefficient (Wildman–Crippen LogP) is 2.93. The molecule has 148 valence electrons. The maximum atomic E-state index is 13.6. The zero-order valence-corrected chi connectivity index (χ0v) is 16.4. The normalized spacial score (nSPS) is 12.3. The zero-order valence-electron chi connectivity index (χ0n) is 15.6. The number of thioether (sulfide) groups is 1. The Kier molecular flexibility index (Phi) is 5.30. The molecule has 0 unspecified atom stereocenters. The molecule has 2 N–H and O–H groups in total. The molecular weight excluding hydrogens is 393 g/mol. The van der Waals surface area contributed by atoms with Crippen molar-refractivity contribution in [3.63, 3.8) is 0 Å². The zero-order chi connectivity index (χ0) is 20.4. The number of nitrogens with zero attached hydrogens (tertiary/aromatic N) is 3. The van der Waals surface area contributed by atoms with Crippen molar-refractivity contribution in [2.24, 2.45) is 0 Å². The van der Waals surface area contributed by atoms with Gasteiger partial charge in [-0.25, -0.2) is 4.39 Å². The molecule has 0 spiro atoms.